The van der Waals surface area contributed by atoms with Gasteiger partial charge in [-0.25, -0.2) is 13.2 Å². The molecule has 8 heteroatoms. The molecule has 0 unspecified atom stereocenters. The second kappa shape index (κ2) is 10.3. The highest BCUT2D eigenvalue weighted by Gasteiger charge is 2.23. The van der Waals surface area contributed by atoms with E-state index in [2.05, 4.69) is 5.32 Å². The molecular formula is C22H32N2O5S. The van der Waals surface area contributed by atoms with Crippen molar-refractivity contribution >= 4 is 21.8 Å². The van der Waals surface area contributed by atoms with Crippen LogP contribution in [0.2, 0.25) is 0 Å². The van der Waals surface area contributed by atoms with Crippen LogP contribution >= 0.6 is 0 Å². The zero-order valence-corrected chi connectivity index (χ0v) is 18.5. The molecule has 0 radical (unpaired) electrons. The minimum absolute atomic E-state index is 0.0888. The Morgan fingerprint density at radius 3 is 2.73 bits per heavy atom. The Balaban J connectivity index is 1.37. The second-order valence-corrected chi connectivity index (χ2v) is 10.7. The van der Waals surface area contributed by atoms with E-state index in [4.69, 9.17) is 4.74 Å². The molecule has 1 aliphatic carbocycles. The first-order chi connectivity index (χ1) is 14.3. The van der Waals surface area contributed by atoms with Crippen molar-refractivity contribution in [2.24, 2.45) is 5.92 Å². The van der Waals surface area contributed by atoms with Gasteiger partial charge in [-0.2, -0.15) is 0 Å². The van der Waals surface area contributed by atoms with Gasteiger partial charge in [-0.1, -0.05) is 25.5 Å². The number of nitrogens with zero attached hydrogens (tertiary/aromatic N) is 1. The molecule has 7 nitrogen and oxygen atoms in total. The Kier molecular flexibility index (Phi) is 7.75. The number of hydrogen-bond acceptors (Lipinski definition) is 5. The Labute approximate surface area is 179 Å². The van der Waals surface area contributed by atoms with Crippen LogP contribution in [0.25, 0.3) is 0 Å². The Morgan fingerprint density at radius 1 is 1.20 bits per heavy atom. The summed E-state index contributed by atoms with van der Waals surface area (Å²) < 4.78 is 30.9. The molecule has 2 fully saturated rings. The van der Waals surface area contributed by atoms with Gasteiger partial charge >= 0.3 is 6.03 Å². The Hall–Kier alpha value is -2.09. The molecule has 1 atom stereocenters. The number of urea groups is 1. The molecule has 1 aliphatic heterocycles. The highest BCUT2D eigenvalue weighted by molar-refractivity contribution is 7.91. The van der Waals surface area contributed by atoms with Gasteiger partial charge in [0.25, 0.3) is 0 Å². The Bertz CT molecular complexity index is 851. The number of amides is 3. The van der Waals surface area contributed by atoms with E-state index in [9.17, 15) is 18.0 Å². The van der Waals surface area contributed by atoms with Crippen molar-refractivity contribution in [2.45, 2.75) is 51.4 Å². The lowest BCUT2D eigenvalue weighted by molar-refractivity contribution is -0.121. The van der Waals surface area contributed by atoms with E-state index in [-0.39, 0.29) is 29.4 Å². The normalized spacial score (nSPS) is 18.2. The van der Waals surface area contributed by atoms with E-state index in [1.165, 1.54) is 12.8 Å². The predicted molar refractivity (Wildman–Crippen MR) is 115 cm³/mol. The third kappa shape index (κ3) is 7.31. The van der Waals surface area contributed by atoms with Crippen LogP contribution in [0.3, 0.4) is 0 Å². The van der Waals surface area contributed by atoms with E-state index in [0.29, 0.717) is 31.8 Å². The molecule has 2 aliphatic rings. The van der Waals surface area contributed by atoms with E-state index < -0.39 is 9.84 Å². The molecule has 1 saturated carbocycles. The Morgan fingerprint density at radius 2 is 2.00 bits per heavy atom. The fourth-order valence-corrected chi connectivity index (χ4v) is 5.35. The lowest BCUT2D eigenvalue weighted by Crippen LogP contribution is -2.49. The summed E-state index contributed by atoms with van der Waals surface area (Å²) in [7, 11) is -3.16. The maximum absolute atomic E-state index is 12.5. The van der Waals surface area contributed by atoms with Gasteiger partial charge in [-0.15, -0.1) is 0 Å². The summed E-state index contributed by atoms with van der Waals surface area (Å²) in [6.45, 7) is 3.66. The number of benzene rings is 1. The van der Waals surface area contributed by atoms with E-state index in [1.54, 1.807) is 4.90 Å². The molecular weight excluding hydrogens is 404 g/mol. The average Bonchev–Trinajstić information content (AvgIpc) is 3.52. The van der Waals surface area contributed by atoms with Gasteiger partial charge in [0.15, 0.2) is 9.84 Å². The molecule has 1 N–H and O–H groups in total. The van der Waals surface area contributed by atoms with Crippen LogP contribution in [-0.2, 0) is 14.6 Å². The topological polar surface area (TPSA) is 92.8 Å². The zero-order valence-electron chi connectivity index (χ0n) is 17.6. The van der Waals surface area contributed by atoms with Crippen LogP contribution in [0.4, 0.5) is 4.79 Å². The molecule has 166 valence electrons. The fraction of sp³-hybridized carbons (Fsp3) is 0.636. The molecule has 1 saturated heterocycles. The van der Waals surface area contributed by atoms with Crippen molar-refractivity contribution < 1.29 is 22.7 Å². The number of carbonyl (C=O) groups is 2. The monoisotopic (exact) mass is 436 g/mol. The summed E-state index contributed by atoms with van der Waals surface area (Å²) in [6, 6.07) is 7.41. The summed E-state index contributed by atoms with van der Waals surface area (Å²) >= 11 is 0. The van der Waals surface area contributed by atoms with Gasteiger partial charge in [0.05, 0.1) is 18.1 Å². The average molecular weight is 437 g/mol. The van der Waals surface area contributed by atoms with Crippen LogP contribution in [0.5, 0.6) is 5.75 Å². The molecule has 0 aromatic heterocycles. The summed E-state index contributed by atoms with van der Waals surface area (Å²) in [6.07, 6.45) is 4.83. The molecule has 3 rings (SSSR count). The number of hydrogen-bond donors (Lipinski definition) is 1. The maximum Gasteiger partial charge on any atom is 0.324 e. The van der Waals surface area contributed by atoms with Crippen LogP contribution in [0.15, 0.2) is 24.3 Å². The first-order valence-corrected chi connectivity index (χ1v) is 12.7. The van der Waals surface area contributed by atoms with Gasteiger partial charge in [0, 0.05) is 19.5 Å². The smallest absolute Gasteiger partial charge is 0.324 e. The van der Waals surface area contributed by atoms with Gasteiger partial charge in [-0.05, 0) is 55.2 Å². The van der Waals surface area contributed by atoms with Crippen LogP contribution < -0.4 is 10.1 Å². The quantitative estimate of drug-likeness (QED) is 0.508. The summed E-state index contributed by atoms with van der Waals surface area (Å²) in [5.41, 5.74) is 0.984. The summed E-state index contributed by atoms with van der Waals surface area (Å²) in [5.74, 6) is 1.44. The van der Waals surface area contributed by atoms with Crippen molar-refractivity contribution in [1.82, 2.24) is 10.2 Å². The number of rotatable bonds is 12. The van der Waals surface area contributed by atoms with Gasteiger partial charge in [-0.3, -0.25) is 10.1 Å². The fourth-order valence-electron chi connectivity index (χ4n) is 3.58. The number of imide groups is 1. The molecule has 1 heterocycles. The molecule has 0 bridgehead atoms. The number of nitrogens with one attached hydrogen (secondary N) is 1. The minimum atomic E-state index is -3.16. The van der Waals surface area contributed by atoms with Crippen molar-refractivity contribution in [3.63, 3.8) is 0 Å². The minimum Gasteiger partial charge on any atom is -0.493 e. The van der Waals surface area contributed by atoms with Crippen molar-refractivity contribution in [3.8, 4) is 5.75 Å². The van der Waals surface area contributed by atoms with Crippen LogP contribution in [0.1, 0.15) is 56.9 Å². The number of unbranched alkanes of at least 4 members (excludes halogenated alkanes) is 2. The van der Waals surface area contributed by atoms with Gasteiger partial charge < -0.3 is 9.64 Å². The second-order valence-electron chi connectivity index (χ2n) is 8.49. The van der Waals surface area contributed by atoms with Crippen molar-refractivity contribution in [3.05, 3.63) is 29.8 Å². The highest BCUT2D eigenvalue weighted by Crippen LogP contribution is 2.30. The molecule has 1 aromatic rings. The molecule has 1 aromatic carbocycles. The van der Waals surface area contributed by atoms with Crippen molar-refractivity contribution in [2.75, 3.05) is 31.2 Å². The third-order valence-corrected chi connectivity index (χ3v) is 7.56. The molecule has 0 spiro atoms. The number of sulfone groups is 1. The van der Waals surface area contributed by atoms with Crippen LogP contribution in [-0.4, -0.2) is 56.5 Å². The maximum atomic E-state index is 12.5. The lowest BCUT2D eigenvalue weighted by atomic mass is 10.0. The standard InChI is InChI=1S/C22H32N2O5S/c1-17(19-6-5-7-20(14-19)29-15-18-8-9-18)16-30(27,28)13-4-2-3-11-24-12-10-21(25)23-22(24)26/h5-7,14,17-18H,2-4,8-13,15-16H2,1H3,(H,23,25,26)/t17-/m0/s1. The van der Waals surface area contributed by atoms with Gasteiger partial charge in [0.1, 0.15) is 5.75 Å². The third-order valence-electron chi connectivity index (χ3n) is 5.64. The first kappa shape index (κ1) is 22.6. The molecule has 30 heavy (non-hydrogen) atoms. The van der Waals surface area contributed by atoms with Gasteiger partial charge in [0.2, 0.25) is 5.91 Å². The largest absolute Gasteiger partial charge is 0.493 e. The zero-order chi connectivity index (χ0) is 21.6. The van der Waals surface area contributed by atoms with Crippen molar-refractivity contribution in [1.29, 1.82) is 0 Å². The van der Waals surface area contributed by atoms with Crippen LogP contribution in [0, 0.1) is 5.92 Å². The first-order valence-electron chi connectivity index (χ1n) is 10.8. The summed E-state index contributed by atoms with van der Waals surface area (Å²) in [5, 5.41) is 2.30. The predicted octanol–water partition coefficient (Wildman–Crippen LogP) is 3.11. The van der Waals surface area contributed by atoms with E-state index in [1.807, 2.05) is 31.2 Å². The van der Waals surface area contributed by atoms with E-state index in [0.717, 1.165) is 30.8 Å². The van der Waals surface area contributed by atoms with E-state index >= 15 is 0 Å². The lowest BCUT2D eigenvalue weighted by Gasteiger charge is -2.26. The highest BCUT2D eigenvalue weighted by atomic mass is 32.2. The summed E-state index contributed by atoms with van der Waals surface area (Å²) in [4.78, 5) is 24.4. The number of carbonyl (C=O) groups excluding carboxylic acids is 2. The molecule has 3 amide bonds. The SMILES string of the molecule is C[C@@H](CS(=O)(=O)CCCCCN1CCC(=O)NC1=O)c1cccc(OCC2CC2)c1. The number of ether oxygens (including phenoxy) is 1.